The normalized spacial score (nSPS) is 19.8. The van der Waals surface area contributed by atoms with E-state index in [0.717, 1.165) is 17.9 Å². The van der Waals surface area contributed by atoms with Crippen molar-refractivity contribution in [3.63, 3.8) is 0 Å². The number of thioether (sulfide) groups is 1. The first-order chi connectivity index (χ1) is 8.87. The Morgan fingerprint density at radius 3 is 2.84 bits per heavy atom. The van der Waals surface area contributed by atoms with Gasteiger partial charge in [0, 0.05) is 18.7 Å². The van der Waals surface area contributed by atoms with E-state index in [9.17, 15) is 9.18 Å². The molecule has 0 radical (unpaired) electrons. The van der Waals surface area contributed by atoms with Crippen LogP contribution in [0.25, 0.3) is 0 Å². The van der Waals surface area contributed by atoms with Crippen LogP contribution in [0.3, 0.4) is 0 Å². The van der Waals surface area contributed by atoms with Crippen LogP contribution in [0, 0.1) is 11.2 Å². The summed E-state index contributed by atoms with van der Waals surface area (Å²) < 4.78 is 13.3. The van der Waals surface area contributed by atoms with Crippen molar-refractivity contribution < 1.29 is 9.18 Å². The lowest BCUT2D eigenvalue weighted by Gasteiger charge is -2.27. The minimum atomic E-state index is -0.242. The van der Waals surface area contributed by atoms with Gasteiger partial charge in [-0.2, -0.15) is 0 Å². The fourth-order valence-corrected chi connectivity index (χ4v) is 3.48. The number of rotatable bonds is 2. The first-order valence-corrected chi connectivity index (χ1v) is 7.58. The third-order valence-corrected chi connectivity index (χ3v) is 4.29. The number of carbonyl (C=O) groups is 1. The van der Waals surface area contributed by atoms with E-state index in [1.807, 2.05) is 11.0 Å². The molecule has 1 aliphatic heterocycles. The zero-order valence-electron chi connectivity index (χ0n) is 11.6. The fourth-order valence-electron chi connectivity index (χ4n) is 2.22. The molecule has 1 aromatic rings. The van der Waals surface area contributed by atoms with E-state index < -0.39 is 0 Å². The van der Waals surface area contributed by atoms with Crippen LogP contribution in [0.1, 0.15) is 38.1 Å². The molecule has 0 bridgehead atoms. The van der Waals surface area contributed by atoms with Gasteiger partial charge in [-0.3, -0.25) is 4.79 Å². The molecule has 1 amide bonds. The van der Waals surface area contributed by atoms with Gasteiger partial charge in [0.15, 0.2) is 0 Å². The number of halogens is 1. The highest BCUT2D eigenvalue weighted by Gasteiger charge is 2.32. The van der Waals surface area contributed by atoms with Crippen LogP contribution in [-0.4, -0.2) is 23.1 Å². The molecule has 19 heavy (non-hydrogen) atoms. The molecule has 4 heteroatoms. The highest BCUT2D eigenvalue weighted by atomic mass is 32.2. The molecule has 1 aromatic carbocycles. The van der Waals surface area contributed by atoms with E-state index in [4.69, 9.17) is 0 Å². The third-order valence-electron chi connectivity index (χ3n) is 3.03. The van der Waals surface area contributed by atoms with Gasteiger partial charge in [0.2, 0.25) is 5.91 Å². The highest BCUT2D eigenvalue weighted by molar-refractivity contribution is 7.99. The van der Waals surface area contributed by atoms with Gasteiger partial charge in [-0.05, 0) is 23.1 Å². The maximum Gasteiger partial charge on any atom is 0.224 e. The predicted octanol–water partition coefficient (Wildman–Crippen LogP) is 3.84. The Morgan fingerprint density at radius 1 is 1.47 bits per heavy atom. The largest absolute Gasteiger partial charge is 0.326 e. The standard InChI is InChI=1S/C15H20FNOS/c1-15(2,3)10-13(18)17-7-8-19-14(17)11-5-4-6-12(16)9-11/h4-6,9,14H,7-8,10H2,1-3H3/t14-/m1/s1. The number of nitrogens with zero attached hydrogens (tertiary/aromatic N) is 1. The smallest absolute Gasteiger partial charge is 0.224 e. The molecule has 1 atom stereocenters. The van der Waals surface area contributed by atoms with Crippen molar-refractivity contribution in [2.45, 2.75) is 32.6 Å². The predicted molar refractivity (Wildman–Crippen MR) is 77.4 cm³/mol. The van der Waals surface area contributed by atoms with Crippen LogP contribution < -0.4 is 0 Å². The lowest BCUT2D eigenvalue weighted by atomic mass is 9.91. The van der Waals surface area contributed by atoms with E-state index in [-0.39, 0.29) is 22.5 Å². The van der Waals surface area contributed by atoms with Crippen molar-refractivity contribution in [1.82, 2.24) is 4.90 Å². The Morgan fingerprint density at radius 2 is 2.21 bits per heavy atom. The summed E-state index contributed by atoms with van der Waals surface area (Å²) >= 11 is 1.71. The van der Waals surface area contributed by atoms with E-state index in [1.54, 1.807) is 17.8 Å². The Kier molecular flexibility index (Phi) is 4.19. The van der Waals surface area contributed by atoms with Crippen LogP contribution >= 0.6 is 11.8 Å². The highest BCUT2D eigenvalue weighted by Crippen LogP contribution is 2.39. The first-order valence-electron chi connectivity index (χ1n) is 6.53. The molecule has 1 heterocycles. The lowest BCUT2D eigenvalue weighted by molar-refractivity contribution is -0.133. The Bertz CT molecular complexity index is 469. The number of hydrogen-bond acceptors (Lipinski definition) is 2. The summed E-state index contributed by atoms with van der Waals surface area (Å²) in [6, 6.07) is 6.56. The average molecular weight is 281 g/mol. The minimum Gasteiger partial charge on any atom is -0.326 e. The van der Waals surface area contributed by atoms with Crippen molar-refractivity contribution in [1.29, 1.82) is 0 Å². The second-order valence-corrected chi connectivity index (χ2v) is 7.29. The monoisotopic (exact) mass is 281 g/mol. The molecule has 1 saturated heterocycles. The van der Waals surface area contributed by atoms with Crippen molar-refractivity contribution in [2.24, 2.45) is 5.41 Å². The molecule has 104 valence electrons. The minimum absolute atomic E-state index is 0.0170. The topological polar surface area (TPSA) is 20.3 Å². The Balaban J connectivity index is 2.15. The van der Waals surface area contributed by atoms with Gasteiger partial charge >= 0.3 is 0 Å². The van der Waals surface area contributed by atoms with Gasteiger partial charge in [-0.1, -0.05) is 32.9 Å². The number of amides is 1. The van der Waals surface area contributed by atoms with Crippen molar-refractivity contribution in [3.8, 4) is 0 Å². The van der Waals surface area contributed by atoms with E-state index in [1.165, 1.54) is 12.1 Å². The maximum atomic E-state index is 13.3. The quantitative estimate of drug-likeness (QED) is 0.821. The molecule has 0 unspecified atom stereocenters. The molecule has 0 aromatic heterocycles. The van der Waals surface area contributed by atoms with E-state index in [2.05, 4.69) is 20.8 Å². The molecule has 0 spiro atoms. The molecule has 0 N–H and O–H groups in total. The summed E-state index contributed by atoms with van der Waals surface area (Å²) in [4.78, 5) is 14.2. The van der Waals surface area contributed by atoms with Crippen molar-refractivity contribution in [2.75, 3.05) is 12.3 Å². The molecule has 2 nitrogen and oxygen atoms in total. The lowest BCUT2D eigenvalue weighted by Crippen LogP contribution is -2.33. The molecular formula is C15H20FNOS. The van der Waals surface area contributed by atoms with Crippen molar-refractivity contribution in [3.05, 3.63) is 35.6 Å². The average Bonchev–Trinajstić information content (AvgIpc) is 2.75. The van der Waals surface area contributed by atoms with Gasteiger partial charge < -0.3 is 4.90 Å². The zero-order chi connectivity index (χ0) is 14.0. The molecule has 1 aliphatic rings. The number of carbonyl (C=O) groups excluding carboxylic acids is 1. The van der Waals surface area contributed by atoms with Gasteiger partial charge in [0.05, 0.1) is 0 Å². The first kappa shape index (κ1) is 14.4. The van der Waals surface area contributed by atoms with Gasteiger partial charge in [-0.25, -0.2) is 4.39 Å². The number of hydrogen-bond donors (Lipinski definition) is 0. The Labute approximate surface area is 118 Å². The maximum absolute atomic E-state index is 13.3. The summed E-state index contributed by atoms with van der Waals surface area (Å²) in [5.74, 6) is 0.830. The van der Waals surface area contributed by atoms with Gasteiger partial charge in [0.1, 0.15) is 11.2 Å². The molecule has 1 fully saturated rings. The zero-order valence-corrected chi connectivity index (χ0v) is 12.5. The van der Waals surface area contributed by atoms with Crippen LogP contribution in [0.15, 0.2) is 24.3 Å². The summed E-state index contributed by atoms with van der Waals surface area (Å²) in [7, 11) is 0. The second kappa shape index (κ2) is 5.53. The van der Waals surface area contributed by atoms with Crippen LogP contribution in [-0.2, 0) is 4.79 Å². The molecule has 2 rings (SSSR count). The van der Waals surface area contributed by atoms with Gasteiger partial charge in [0.25, 0.3) is 0 Å². The molecular weight excluding hydrogens is 261 g/mol. The Hall–Kier alpha value is -1.03. The molecule has 0 aliphatic carbocycles. The van der Waals surface area contributed by atoms with Gasteiger partial charge in [-0.15, -0.1) is 11.8 Å². The van der Waals surface area contributed by atoms with Crippen LogP contribution in [0.2, 0.25) is 0 Å². The summed E-state index contributed by atoms with van der Waals surface area (Å²) in [6.45, 7) is 6.93. The summed E-state index contributed by atoms with van der Waals surface area (Å²) in [6.07, 6.45) is 0.527. The number of benzene rings is 1. The molecule has 0 saturated carbocycles. The van der Waals surface area contributed by atoms with E-state index >= 15 is 0 Å². The second-order valence-electron chi connectivity index (χ2n) is 6.10. The van der Waals surface area contributed by atoms with Crippen LogP contribution in [0.4, 0.5) is 4.39 Å². The van der Waals surface area contributed by atoms with Crippen LogP contribution in [0.5, 0.6) is 0 Å². The fraction of sp³-hybridized carbons (Fsp3) is 0.533. The summed E-state index contributed by atoms with van der Waals surface area (Å²) in [5, 5.41) is -0.0365. The SMILES string of the molecule is CC(C)(C)CC(=O)N1CCS[C@@H]1c1cccc(F)c1. The van der Waals surface area contributed by atoms with E-state index in [0.29, 0.717) is 6.42 Å². The van der Waals surface area contributed by atoms with Crippen molar-refractivity contribution >= 4 is 17.7 Å². The third kappa shape index (κ3) is 3.72. The summed E-state index contributed by atoms with van der Waals surface area (Å²) in [5.41, 5.74) is 0.862.